The highest BCUT2D eigenvalue weighted by molar-refractivity contribution is 6.10. The number of nitrogens with zero attached hydrogens (tertiary/aromatic N) is 3. The van der Waals surface area contributed by atoms with Crippen LogP contribution in [-0.4, -0.2) is 45.0 Å². The number of aromatic nitrogens is 2. The van der Waals surface area contributed by atoms with E-state index in [1.165, 1.54) is 10.7 Å². The molecule has 0 saturated carbocycles. The quantitative estimate of drug-likeness (QED) is 0.509. The van der Waals surface area contributed by atoms with Gasteiger partial charge in [-0.25, -0.2) is 9.48 Å². The topological polar surface area (TPSA) is 139 Å². The van der Waals surface area contributed by atoms with Gasteiger partial charge in [0.05, 0.1) is 5.69 Å². The number of amides is 5. The highest BCUT2D eigenvalue weighted by atomic mass is 16.2. The first-order valence-corrected chi connectivity index (χ1v) is 10.4. The number of imide groups is 1. The SMILES string of the molecule is NC(=O)c1ccn(-c2ccc(NC(=O)CN3C(=O)NC4(CCc5ccccc54)C3=O)cc2)n1. The number of rotatable bonds is 5. The van der Waals surface area contributed by atoms with Crippen LogP contribution in [0.15, 0.2) is 60.8 Å². The van der Waals surface area contributed by atoms with Crippen molar-refractivity contribution in [2.45, 2.75) is 18.4 Å². The van der Waals surface area contributed by atoms with Crippen LogP contribution in [0.2, 0.25) is 0 Å². The molecule has 4 N–H and O–H groups in total. The molecule has 0 bridgehead atoms. The van der Waals surface area contributed by atoms with E-state index < -0.39 is 35.8 Å². The molecule has 3 aromatic rings. The van der Waals surface area contributed by atoms with Crippen LogP contribution in [0.3, 0.4) is 0 Å². The van der Waals surface area contributed by atoms with Crippen molar-refractivity contribution in [3.05, 3.63) is 77.6 Å². The molecule has 1 unspecified atom stereocenters. The number of nitrogens with two attached hydrogens (primary N) is 1. The number of primary amides is 1. The van der Waals surface area contributed by atoms with Crippen LogP contribution in [0.25, 0.3) is 5.69 Å². The normalized spacial score (nSPS) is 19.0. The van der Waals surface area contributed by atoms with Gasteiger partial charge in [0.25, 0.3) is 11.8 Å². The molecule has 10 nitrogen and oxygen atoms in total. The highest BCUT2D eigenvalue weighted by Gasteiger charge is 2.55. The van der Waals surface area contributed by atoms with Gasteiger partial charge in [0.1, 0.15) is 17.8 Å². The average Bonchev–Trinajstić information content (AvgIpc) is 3.49. The average molecular weight is 444 g/mol. The van der Waals surface area contributed by atoms with Gasteiger partial charge in [-0.15, -0.1) is 0 Å². The number of hydrogen-bond donors (Lipinski definition) is 3. The Bertz CT molecular complexity index is 1300. The number of hydrogen-bond acceptors (Lipinski definition) is 5. The fourth-order valence-electron chi connectivity index (χ4n) is 4.37. The zero-order chi connectivity index (χ0) is 23.2. The number of fused-ring (bicyclic) bond motifs is 2. The van der Waals surface area contributed by atoms with Crippen molar-refractivity contribution in [3.63, 3.8) is 0 Å². The Morgan fingerprint density at radius 3 is 2.58 bits per heavy atom. The summed E-state index contributed by atoms with van der Waals surface area (Å²) in [5, 5.41) is 9.57. The van der Waals surface area contributed by atoms with Crippen LogP contribution in [0.4, 0.5) is 10.5 Å². The molecule has 1 atom stereocenters. The first kappa shape index (κ1) is 20.4. The van der Waals surface area contributed by atoms with Gasteiger partial charge in [0, 0.05) is 11.9 Å². The van der Waals surface area contributed by atoms with E-state index in [0.29, 0.717) is 24.2 Å². The molecule has 1 aliphatic heterocycles. The molecular formula is C23H20N6O4. The summed E-state index contributed by atoms with van der Waals surface area (Å²) in [4.78, 5) is 50.5. The molecule has 166 valence electrons. The third-order valence-corrected chi connectivity index (χ3v) is 5.98. The number of carbonyl (C=O) groups excluding carboxylic acids is 4. The van der Waals surface area contributed by atoms with Crippen LogP contribution in [0, 0.1) is 0 Å². The van der Waals surface area contributed by atoms with Gasteiger partial charge in [-0.05, 0) is 54.3 Å². The standard InChI is InChI=1S/C23H20N6O4/c24-20(31)18-10-12-29(27-18)16-7-5-15(6-8-16)25-19(30)13-28-21(32)23(26-22(28)33)11-9-14-3-1-2-4-17(14)23/h1-8,10,12H,9,11,13H2,(H2,24,31)(H,25,30)(H,26,33). The van der Waals surface area contributed by atoms with E-state index in [-0.39, 0.29) is 5.69 Å². The summed E-state index contributed by atoms with van der Waals surface area (Å²) in [5.74, 6) is -1.53. The number of urea groups is 1. The summed E-state index contributed by atoms with van der Waals surface area (Å²) in [6, 6.07) is 15.2. The van der Waals surface area contributed by atoms with Crippen molar-refractivity contribution in [1.29, 1.82) is 0 Å². The maximum Gasteiger partial charge on any atom is 0.325 e. The molecule has 1 spiro atoms. The molecule has 0 radical (unpaired) electrons. The summed E-state index contributed by atoms with van der Waals surface area (Å²) >= 11 is 0. The number of anilines is 1. The van der Waals surface area contributed by atoms with Gasteiger partial charge in [-0.3, -0.25) is 19.3 Å². The summed E-state index contributed by atoms with van der Waals surface area (Å²) in [6.07, 6.45) is 2.76. The van der Waals surface area contributed by atoms with E-state index in [4.69, 9.17) is 5.73 Å². The summed E-state index contributed by atoms with van der Waals surface area (Å²) < 4.78 is 1.48. The smallest absolute Gasteiger partial charge is 0.325 e. The third-order valence-electron chi connectivity index (χ3n) is 5.98. The second-order valence-corrected chi connectivity index (χ2v) is 7.99. The summed E-state index contributed by atoms with van der Waals surface area (Å²) in [7, 11) is 0. The zero-order valence-electron chi connectivity index (χ0n) is 17.4. The van der Waals surface area contributed by atoms with E-state index in [0.717, 1.165) is 16.0 Å². The Kier molecular flexibility index (Phi) is 4.70. The lowest BCUT2D eigenvalue weighted by atomic mass is 9.92. The zero-order valence-corrected chi connectivity index (χ0v) is 17.4. The molecule has 33 heavy (non-hydrogen) atoms. The Balaban J connectivity index is 1.26. The van der Waals surface area contributed by atoms with Crippen molar-refractivity contribution >= 4 is 29.4 Å². The fourth-order valence-corrected chi connectivity index (χ4v) is 4.37. The van der Waals surface area contributed by atoms with Crippen molar-refractivity contribution in [1.82, 2.24) is 20.0 Å². The monoisotopic (exact) mass is 444 g/mol. The number of nitrogens with one attached hydrogen (secondary N) is 2. The Hall–Kier alpha value is -4.47. The second-order valence-electron chi connectivity index (χ2n) is 7.99. The molecule has 5 amide bonds. The maximum atomic E-state index is 13.2. The summed E-state index contributed by atoms with van der Waals surface area (Å²) in [5.41, 5.74) is 7.23. The lowest BCUT2D eigenvalue weighted by Crippen LogP contribution is -2.42. The van der Waals surface area contributed by atoms with E-state index in [1.54, 1.807) is 30.5 Å². The second kappa shape index (κ2) is 7.59. The van der Waals surface area contributed by atoms with Gasteiger partial charge in [0.2, 0.25) is 5.91 Å². The fraction of sp³-hybridized carbons (Fsp3) is 0.174. The predicted octanol–water partition coefficient (Wildman–Crippen LogP) is 1.30. The minimum absolute atomic E-state index is 0.142. The van der Waals surface area contributed by atoms with Gasteiger partial charge < -0.3 is 16.4 Å². The van der Waals surface area contributed by atoms with Crippen LogP contribution >= 0.6 is 0 Å². The van der Waals surface area contributed by atoms with Gasteiger partial charge in [-0.2, -0.15) is 5.10 Å². The maximum absolute atomic E-state index is 13.2. The first-order chi connectivity index (χ1) is 15.9. The molecular weight excluding hydrogens is 424 g/mol. The molecule has 1 fully saturated rings. The Labute approximate surface area is 188 Å². The van der Waals surface area contributed by atoms with Crippen LogP contribution in [0.5, 0.6) is 0 Å². The molecule has 5 rings (SSSR count). The molecule has 2 heterocycles. The van der Waals surface area contributed by atoms with E-state index >= 15 is 0 Å². The molecule has 2 aromatic carbocycles. The molecule has 10 heteroatoms. The molecule has 1 aromatic heterocycles. The molecule has 1 aliphatic carbocycles. The van der Waals surface area contributed by atoms with Gasteiger partial charge in [-0.1, -0.05) is 24.3 Å². The highest BCUT2D eigenvalue weighted by Crippen LogP contribution is 2.41. The van der Waals surface area contributed by atoms with E-state index in [1.807, 2.05) is 24.3 Å². The van der Waals surface area contributed by atoms with Crippen molar-refractivity contribution in [2.75, 3.05) is 11.9 Å². The van der Waals surface area contributed by atoms with Crippen LogP contribution in [0.1, 0.15) is 28.0 Å². The Morgan fingerprint density at radius 2 is 1.85 bits per heavy atom. The minimum atomic E-state index is -1.09. The lowest BCUT2D eigenvalue weighted by Gasteiger charge is -2.22. The minimum Gasteiger partial charge on any atom is -0.364 e. The van der Waals surface area contributed by atoms with E-state index in [9.17, 15) is 19.2 Å². The number of benzene rings is 2. The van der Waals surface area contributed by atoms with Gasteiger partial charge >= 0.3 is 6.03 Å². The lowest BCUT2D eigenvalue weighted by molar-refractivity contribution is -0.134. The van der Waals surface area contributed by atoms with Crippen molar-refractivity contribution in [3.8, 4) is 5.69 Å². The Morgan fingerprint density at radius 1 is 1.09 bits per heavy atom. The van der Waals surface area contributed by atoms with E-state index in [2.05, 4.69) is 15.7 Å². The molecule has 2 aliphatic rings. The summed E-state index contributed by atoms with van der Waals surface area (Å²) in [6.45, 7) is -0.391. The molecule has 1 saturated heterocycles. The number of aryl methyl sites for hydroxylation is 1. The van der Waals surface area contributed by atoms with Crippen molar-refractivity contribution < 1.29 is 19.2 Å². The third kappa shape index (κ3) is 3.41. The first-order valence-electron chi connectivity index (χ1n) is 10.4. The largest absolute Gasteiger partial charge is 0.364 e. The predicted molar refractivity (Wildman–Crippen MR) is 117 cm³/mol. The van der Waals surface area contributed by atoms with Crippen molar-refractivity contribution in [2.24, 2.45) is 5.73 Å². The van der Waals surface area contributed by atoms with Gasteiger partial charge in [0.15, 0.2) is 0 Å². The van der Waals surface area contributed by atoms with Crippen LogP contribution in [-0.2, 0) is 21.5 Å². The van der Waals surface area contributed by atoms with Crippen LogP contribution < -0.4 is 16.4 Å². The number of carbonyl (C=O) groups is 4.